The molecule has 1 aromatic rings. The van der Waals surface area contributed by atoms with Crippen LogP contribution in [0.3, 0.4) is 0 Å². The van der Waals surface area contributed by atoms with Gasteiger partial charge in [0.1, 0.15) is 17.5 Å². The molecule has 0 aliphatic heterocycles. The highest BCUT2D eigenvalue weighted by Crippen LogP contribution is 2.27. The molecule has 1 saturated carbocycles. The Labute approximate surface area is 139 Å². The van der Waals surface area contributed by atoms with Gasteiger partial charge in [0.15, 0.2) is 0 Å². The molecule has 0 saturated heterocycles. The van der Waals surface area contributed by atoms with E-state index in [1.54, 1.807) is 18.2 Å². The first kappa shape index (κ1) is 17.0. The Balaban J connectivity index is 1.84. The number of hydrogen-bond donors (Lipinski definition) is 3. The van der Waals surface area contributed by atoms with Crippen molar-refractivity contribution in [1.82, 2.24) is 5.32 Å². The SMILES string of the molecule is N#Cc1ccc(O[C@H]2CC[C@H](NC(=O)C(=N)C=N)CC2)cc1Cl. The summed E-state index contributed by atoms with van der Waals surface area (Å²) in [4.78, 5) is 11.6. The second-order valence-corrected chi connectivity index (χ2v) is 5.78. The van der Waals surface area contributed by atoms with E-state index in [2.05, 4.69) is 5.32 Å². The van der Waals surface area contributed by atoms with Gasteiger partial charge in [-0.15, -0.1) is 0 Å². The largest absolute Gasteiger partial charge is 0.490 e. The molecule has 6 nitrogen and oxygen atoms in total. The minimum Gasteiger partial charge on any atom is -0.490 e. The van der Waals surface area contributed by atoms with E-state index in [-0.39, 0.29) is 17.9 Å². The van der Waals surface area contributed by atoms with Gasteiger partial charge in [0.2, 0.25) is 0 Å². The number of hydrogen-bond acceptors (Lipinski definition) is 5. The molecule has 0 radical (unpaired) electrons. The summed E-state index contributed by atoms with van der Waals surface area (Å²) >= 11 is 5.98. The van der Waals surface area contributed by atoms with Crippen molar-refractivity contribution in [2.24, 2.45) is 0 Å². The van der Waals surface area contributed by atoms with Crippen LogP contribution in [0.5, 0.6) is 5.75 Å². The van der Waals surface area contributed by atoms with Crippen LogP contribution in [0.25, 0.3) is 0 Å². The lowest BCUT2D eigenvalue weighted by Crippen LogP contribution is -2.42. The van der Waals surface area contributed by atoms with Gasteiger partial charge in [0, 0.05) is 18.3 Å². The van der Waals surface area contributed by atoms with Crippen LogP contribution < -0.4 is 10.1 Å². The van der Waals surface area contributed by atoms with E-state index in [1.165, 1.54) is 0 Å². The Morgan fingerprint density at radius 1 is 1.39 bits per heavy atom. The molecule has 1 amide bonds. The highest BCUT2D eigenvalue weighted by molar-refractivity contribution is 6.59. The molecular formula is C16H17ClN4O2. The molecule has 1 aliphatic carbocycles. The first-order valence-corrected chi connectivity index (χ1v) is 7.67. The van der Waals surface area contributed by atoms with E-state index >= 15 is 0 Å². The Hall–Kier alpha value is -2.39. The van der Waals surface area contributed by atoms with Gasteiger partial charge in [-0.25, -0.2) is 0 Å². The fraction of sp³-hybridized carbons (Fsp3) is 0.375. The normalized spacial score (nSPS) is 20.2. The van der Waals surface area contributed by atoms with Crippen LogP contribution in [-0.4, -0.2) is 30.0 Å². The molecule has 7 heteroatoms. The first-order valence-electron chi connectivity index (χ1n) is 7.29. The Morgan fingerprint density at radius 2 is 2.09 bits per heavy atom. The maximum Gasteiger partial charge on any atom is 0.270 e. The molecule has 0 bridgehead atoms. The number of benzene rings is 1. The quantitative estimate of drug-likeness (QED) is 0.721. The van der Waals surface area contributed by atoms with Crippen LogP contribution in [0, 0.1) is 22.1 Å². The zero-order chi connectivity index (χ0) is 16.8. The van der Waals surface area contributed by atoms with Crippen LogP contribution in [-0.2, 0) is 4.79 Å². The number of carbonyl (C=O) groups is 1. The number of rotatable bonds is 5. The Bertz CT molecular complexity index is 661. The summed E-state index contributed by atoms with van der Waals surface area (Å²) in [6, 6.07) is 7.01. The van der Waals surface area contributed by atoms with E-state index in [0.29, 0.717) is 16.3 Å². The maximum atomic E-state index is 11.6. The van der Waals surface area contributed by atoms with Crippen molar-refractivity contribution in [1.29, 1.82) is 16.1 Å². The van der Waals surface area contributed by atoms with Crippen molar-refractivity contribution in [3.63, 3.8) is 0 Å². The van der Waals surface area contributed by atoms with Gasteiger partial charge in [-0.3, -0.25) is 10.2 Å². The smallest absolute Gasteiger partial charge is 0.270 e. The summed E-state index contributed by atoms with van der Waals surface area (Å²) in [7, 11) is 0. The van der Waals surface area contributed by atoms with Gasteiger partial charge in [-0.2, -0.15) is 5.26 Å². The molecule has 120 valence electrons. The van der Waals surface area contributed by atoms with E-state index in [0.717, 1.165) is 31.9 Å². The molecule has 23 heavy (non-hydrogen) atoms. The third kappa shape index (κ3) is 4.54. The van der Waals surface area contributed by atoms with Gasteiger partial charge in [-0.1, -0.05) is 11.6 Å². The average Bonchev–Trinajstić information content (AvgIpc) is 2.56. The average molecular weight is 333 g/mol. The summed E-state index contributed by atoms with van der Waals surface area (Å²) in [5.74, 6) is 0.121. The van der Waals surface area contributed by atoms with E-state index in [9.17, 15) is 4.79 Å². The lowest BCUT2D eigenvalue weighted by Gasteiger charge is -2.29. The topological polar surface area (TPSA) is 110 Å². The van der Waals surface area contributed by atoms with Gasteiger partial charge in [-0.05, 0) is 37.8 Å². The van der Waals surface area contributed by atoms with Crippen molar-refractivity contribution in [3.8, 4) is 11.8 Å². The van der Waals surface area contributed by atoms with Crippen molar-refractivity contribution in [3.05, 3.63) is 28.8 Å². The number of ether oxygens (including phenoxy) is 1. The number of nitriles is 1. The standard InChI is InChI=1S/C16H17ClN4O2/c17-14-7-13(4-1-10(14)8-18)23-12-5-2-11(3-6-12)21-16(22)15(20)9-19/h1,4,7,9,11-12,19-20H,2-3,5-6H2,(H,21,22)/t11-,12-. The van der Waals surface area contributed by atoms with Crippen LogP contribution in [0.15, 0.2) is 18.2 Å². The van der Waals surface area contributed by atoms with E-state index < -0.39 is 5.91 Å². The Morgan fingerprint density at radius 3 is 2.65 bits per heavy atom. The van der Waals surface area contributed by atoms with Crippen molar-refractivity contribution in [2.75, 3.05) is 0 Å². The highest BCUT2D eigenvalue weighted by atomic mass is 35.5. The zero-order valence-corrected chi connectivity index (χ0v) is 13.2. The second-order valence-electron chi connectivity index (χ2n) is 5.38. The molecule has 0 heterocycles. The summed E-state index contributed by atoms with van der Waals surface area (Å²) < 4.78 is 5.87. The van der Waals surface area contributed by atoms with Crippen LogP contribution in [0.4, 0.5) is 0 Å². The van der Waals surface area contributed by atoms with Gasteiger partial charge < -0.3 is 15.5 Å². The maximum absolute atomic E-state index is 11.6. The molecule has 0 spiro atoms. The predicted molar refractivity (Wildman–Crippen MR) is 87.5 cm³/mol. The highest BCUT2D eigenvalue weighted by Gasteiger charge is 2.24. The molecule has 0 atom stereocenters. The summed E-state index contributed by atoms with van der Waals surface area (Å²) in [5.41, 5.74) is 0.0784. The Kier molecular flexibility index (Phi) is 5.72. The third-order valence-corrected chi connectivity index (χ3v) is 4.07. The summed E-state index contributed by atoms with van der Waals surface area (Å²) in [6.45, 7) is 0. The molecular weight excluding hydrogens is 316 g/mol. The molecule has 1 aliphatic rings. The molecule has 2 rings (SSSR count). The van der Waals surface area contributed by atoms with Crippen LogP contribution in [0.1, 0.15) is 31.2 Å². The van der Waals surface area contributed by atoms with Crippen molar-refractivity contribution in [2.45, 2.75) is 37.8 Å². The third-order valence-electron chi connectivity index (χ3n) is 3.76. The molecule has 0 unspecified atom stereocenters. The summed E-state index contributed by atoms with van der Waals surface area (Å²) in [5, 5.41) is 26.2. The second kappa shape index (κ2) is 7.75. The predicted octanol–water partition coefficient (Wildman–Crippen LogP) is 2.69. The fourth-order valence-electron chi connectivity index (χ4n) is 2.51. The van der Waals surface area contributed by atoms with E-state index in [1.807, 2.05) is 6.07 Å². The van der Waals surface area contributed by atoms with Crippen molar-refractivity contribution >= 4 is 29.4 Å². The summed E-state index contributed by atoms with van der Waals surface area (Å²) in [6.07, 6.45) is 3.84. The number of nitrogens with one attached hydrogen (secondary N) is 3. The zero-order valence-electron chi connectivity index (χ0n) is 12.4. The van der Waals surface area contributed by atoms with Gasteiger partial charge in [0.05, 0.1) is 16.7 Å². The van der Waals surface area contributed by atoms with Gasteiger partial charge >= 0.3 is 0 Å². The minimum absolute atomic E-state index is 0.00667. The number of amides is 1. The van der Waals surface area contributed by atoms with E-state index in [4.69, 9.17) is 32.4 Å². The van der Waals surface area contributed by atoms with Crippen LogP contribution in [0.2, 0.25) is 5.02 Å². The van der Waals surface area contributed by atoms with Gasteiger partial charge in [0.25, 0.3) is 5.91 Å². The van der Waals surface area contributed by atoms with Crippen LogP contribution >= 0.6 is 11.6 Å². The molecule has 1 fully saturated rings. The fourth-order valence-corrected chi connectivity index (χ4v) is 2.72. The molecule has 3 N–H and O–H groups in total. The molecule has 1 aromatic carbocycles. The number of carbonyl (C=O) groups excluding carboxylic acids is 1. The first-order chi connectivity index (χ1) is 11.0. The van der Waals surface area contributed by atoms with Crippen molar-refractivity contribution < 1.29 is 9.53 Å². The number of nitrogens with zero attached hydrogens (tertiary/aromatic N) is 1. The minimum atomic E-state index is -0.511. The lowest BCUT2D eigenvalue weighted by atomic mass is 9.92. The number of halogens is 1. The lowest BCUT2D eigenvalue weighted by molar-refractivity contribution is -0.115. The molecule has 0 aromatic heterocycles. The monoisotopic (exact) mass is 332 g/mol.